The van der Waals surface area contributed by atoms with Crippen LogP contribution in [0.25, 0.3) is 11.5 Å². The number of hydrogen-bond donors (Lipinski definition) is 1. The van der Waals surface area contributed by atoms with Crippen molar-refractivity contribution in [1.29, 1.82) is 0 Å². The lowest BCUT2D eigenvalue weighted by Crippen LogP contribution is -2.14. The molecule has 0 spiro atoms. The number of carbonyl (C=O) groups is 2. The summed E-state index contributed by atoms with van der Waals surface area (Å²) in [5.41, 5.74) is 1.37. The van der Waals surface area contributed by atoms with Crippen molar-refractivity contribution in [2.75, 3.05) is 5.32 Å². The second kappa shape index (κ2) is 6.60. The smallest absolute Gasteiger partial charge is 0.287 e. The van der Waals surface area contributed by atoms with Gasteiger partial charge in [0.25, 0.3) is 11.8 Å². The number of azo groups is 1. The lowest BCUT2D eigenvalue weighted by atomic mass is 10.0. The second-order valence-electron chi connectivity index (χ2n) is 5.45. The third-order valence-electron chi connectivity index (χ3n) is 3.74. The highest BCUT2D eigenvalue weighted by molar-refractivity contribution is 6.03. The summed E-state index contributed by atoms with van der Waals surface area (Å²) >= 11 is 0. The normalized spacial score (nSPS) is 16.0. The number of carbonyl (C=O) groups excluding carboxylic acids is 2. The van der Waals surface area contributed by atoms with E-state index >= 15 is 0 Å². The largest absolute Gasteiger partial charge is 0.461 e. The number of furan rings is 1. The fourth-order valence-corrected chi connectivity index (χ4v) is 2.50. The van der Waals surface area contributed by atoms with Crippen LogP contribution in [0.1, 0.15) is 22.1 Å². The van der Waals surface area contributed by atoms with Gasteiger partial charge in [0.1, 0.15) is 6.04 Å². The minimum Gasteiger partial charge on any atom is -0.461 e. The predicted molar refractivity (Wildman–Crippen MR) is 90.3 cm³/mol. The van der Waals surface area contributed by atoms with Gasteiger partial charge in [-0.05, 0) is 24.3 Å². The number of nitrogens with zero attached hydrogens (tertiary/aromatic N) is 3. The molecule has 26 heavy (non-hydrogen) atoms. The molecule has 0 aliphatic carbocycles. The Hall–Kier alpha value is -3.81. The van der Waals surface area contributed by atoms with Crippen molar-refractivity contribution < 1.29 is 18.5 Å². The van der Waals surface area contributed by atoms with E-state index in [4.69, 9.17) is 8.94 Å². The summed E-state index contributed by atoms with van der Waals surface area (Å²) in [5.74, 6) is -0.00652. The molecule has 1 N–H and O–H groups in total. The van der Waals surface area contributed by atoms with Crippen molar-refractivity contribution in [2.45, 2.75) is 6.04 Å². The van der Waals surface area contributed by atoms with Crippen LogP contribution in [0.4, 0.5) is 5.69 Å². The summed E-state index contributed by atoms with van der Waals surface area (Å²) in [7, 11) is 0. The summed E-state index contributed by atoms with van der Waals surface area (Å²) in [5, 5.41) is 14.1. The van der Waals surface area contributed by atoms with E-state index in [1.165, 1.54) is 18.4 Å². The summed E-state index contributed by atoms with van der Waals surface area (Å²) in [6, 6.07) is 11.6. The monoisotopic (exact) mass is 348 g/mol. The first kappa shape index (κ1) is 15.7. The van der Waals surface area contributed by atoms with Gasteiger partial charge >= 0.3 is 0 Å². The highest BCUT2D eigenvalue weighted by Crippen LogP contribution is 2.29. The Bertz CT molecular complexity index is 1000. The van der Waals surface area contributed by atoms with Gasteiger partial charge < -0.3 is 14.3 Å². The number of amides is 2. The molecule has 1 aromatic carbocycles. The zero-order valence-corrected chi connectivity index (χ0v) is 13.3. The van der Waals surface area contributed by atoms with Crippen LogP contribution in [-0.4, -0.2) is 17.0 Å². The van der Waals surface area contributed by atoms with Crippen LogP contribution >= 0.6 is 0 Å². The fourth-order valence-electron chi connectivity index (χ4n) is 2.50. The molecule has 1 aliphatic heterocycles. The molecule has 2 amide bonds. The molecule has 8 heteroatoms. The molecule has 4 rings (SSSR count). The fraction of sp³-hybridized carbons (Fsp3) is 0.0556. The van der Waals surface area contributed by atoms with Crippen LogP contribution in [0, 0.1) is 0 Å². The minimum atomic E-state index is -0.444. The number of nitrogens with one attached hydrogen (secondary N) is 1. The zero-order chi connectivity index (χ0) is 17.9. The van der Waals surface area contributed by atoms with Crippen molar-refractivity contribution in [3.63, 3.8) is 0 Å². The molecular weight excluding hydrogens is 336 g/mol. The van der Waals surface area contributed by atoms with E-state index in [2.05, 4.69) is 20.7 Å². The molecule has 0 saturated heterocycles. The van der Waals surface area contributed by atoms with Crippen LogP contribution in [0.2, 0.25) is 0 Å². The van der Waals surface area contributed by atoms with Crippen LogP contribution in [0.15, 0.2) is 80.0 Å². The Balaban J connectivity index is 1.56. The van der Waals surface area contributed by atoms with E-state index in [0.29, 0.717) is 22.8 Å². The SMILES string of the molecule is O=C1C=CC(c2ccccc2NC(=O)c2cc(-c3ccco3)on2)N=N1. The molecule has 1 atom stereocenters. The van der Waals surface area contributed by atoms with E-state index in [9.17, 15) is 9.59 Å². The van der Waals surface area contributed by atoms with Crippen molar-refractivity contribution in [1.82, 2.24) is 5.16 Å². The first-order valence-electron chi connectivity index (χ1n) is 7.74. The topological polar surface area (TPSA) is 110 Å². The van der Waals surface area contributed by atoms with Crippen molar-refractivity contribution in [2.24, 2.45) is 10.2 Å². The van der Waals surface area contributed by atoms with Crippen molar-refractivity contribution in [3.05, 3.63) is 72.1 Å². The highest BCUT2D eigenvalue weighted by Gasteiger charge is 2.19. The Morgan fingerprint density at radius 3 is 2.77 bits per heavy atom. The molecule has 0 bridgehead atoms. The van der Waals surface area contributed by atoms with Crippen LogP contribution in [0.3, 0.4) is 0 Å². The summed E-state index contributed by atoms with van der Waals surface area (Å²) in [6.07, 6.45) is 4.49. The number of para-hydroxylation sites is 1. The Morgan fingerprint density at radius 2 is 2.00 bits per heavy atom. The Labute approximate surface area is 147 Å². The summed E-state index contributed by atoms with van der Waals surface area (Å²) in [4.78, 5) is 23.6. The molecule has 2 aromatic heterocycles. The van der Waals surface area contributed by atoms with Gasteiger partial charge in [0, 0.05) is 23.4 Å². The zero-order valence-electron chi connectivity index (χ0n) is 13.3. The molecular formula is C18H12N4O4. The number of hydrogen-bond acceptors (Lipinski definition) is 6. The van der Waals surface area contributed by atoms with Gasteiger partial charge in [-0.3, -0.25) is 9.59 Å². The van der Waals surface area contributed by atoms with Gasteiger partial charge in [0.05, 0.1) is 6.26 Å². The standard InChI is InChI=1S/C18H12N4O4/c23-17-8-7-13(20-21-17)11-4-1-2-5-12(11)19-18(24)14-10-16(26-22-14)15-6-3-9-25-15/h1-10,13H,(H,19,24). The summed E-state index contributed by atoms with van der Waals surface area (Å²) < 4.78 is 10.4. The van der Waals surface area contributed by atoms with Gasteiger partial charge in [0.15, 0.2) is 11.5 Å². The third-order valence-corrected chi connectivity index (χ3v) is 3.74. The maximum absolute atomic E-state index is 12.5. The highest BCUT2D eigenvalue weighted by atomic mass is 16.5. The molecule has 8 nitrogen and oxygen atoms in total. The van der Waals surface area contributed by atoms with Gasteiger partial charge in [-0.25, -0.2) is 0 Å². The average Bonchev–Trinajstić information content (AvgIpc) is 3.34. The first-order valence-corrected chi connectivity index (χ1v) is 7.74. The quantitative estimate of drug-likeness (QED) is 0.771. The minimum absolute atomic E-state index is 0.113. The van der Waals surface area contributed by atoms with E-state index in [-0.39, 0.29) is 5.69 Å². The van der Waals surface area contributed by atoms with Crippen LogP contribution in [-0.2, 0) is 4.79 Å². The molecule has 1 unspecified atom stereocenters. The molecule has 0 radical (unpaired) electrons. The molecule has 128 valence electrons. The number of benzene rings is 1. The molecule has 3 heterocycles. The molecule has 0 fully saturated rings. The average molecular weight is 348 g/mol. The Morgan fingerprint density at radius 1 is 1.12 bits per heavy atom. The number of rotatable bonds is 4. The van der Waals surface area contributed by atoms with Gasteiger partial charge in [-0.2, -0.15) is 5.11 Å². The van der Waals surface area contributed by atoms with Crippen LogP contribution < -0.4 is 5.32 Å². The van der Waals surface area contributed by atoms with Gasteiger partial charge in [-0.1, -0.05) is 23.4 Å². The lowest BCUT2D eigenvalue weighted by molar-refractivity contribution is -0.114. The number of anilines is 1. The maximum atomic E-state index is 12.5. The van der Waals surface area contributed by atoms with E-state index in [0.717, 1.165) is 0 Å². The second-order valence-corrected chi connectivity index (χ2v) is 5.45. The molecule has 1 aliphatic rings. The lowest BCUT2D eigenvalue weighted by Gasteiger charge is -2.14. The maximum Gasteiger partial charge on any atom is 0.287 e. The first-order chi connectivity index (χ1) is 12.7. The van der Waals surface area contributed by atoms with E-state index < -0.39 is 17.9 Å². The number of aromatic nitrogens is 1. The third kappa shape index (κ3) is 3.07. The van der Waals surface area contributed by atoms with Crippen LogP contribution in [0.5, 0.6) is 0 Å². The van der Waals surface area contributed by atoms with Gasteiger partial charge in [-0.15, -0.1) is 5.11 Å². The summed E-state index contributed by atoms with van der Waals surface area (Å²) in [6.45, 7) is 0. The van der Waals surface area contributed by atoms with E-state index in [1.807, 2.05) is 6.07 Å². The predicted octanol–water partition coefficient (Wildman–Crippen LogP) is 3.78. The van der Waals surface area contributed by atoms with E-state index in [1.54, 1.807) is 36.4 Å². The van der Waals surface area contributed by atoms with Crippen molar-refractivity contribution in [3.8, 4) is 11.5 Å². The molecule has 0 saturated carbocycles. The molecule has 3 aromatic rings. The van der Waals surface area contributed by atoms with Crippen molar-refractivity contribution >= 4 is 17.5 Å². The van der Waals surface area contributed by atoms with Gasteiger partial charge in [0.2, 0.25) is 5.76 Å². The Kier molecular flexibility index (Phi) is 3.98.